The molecule has 2 unspecified atom stereocenters. The Bertz CT molecular complexity index is 1850. The van der Waals surface area contributed by atoms with Gasteiger partial charge in [0.15, 0.2) is 29.2 Å². The minimum Gasteiger partial charge on any atom is -0.476 e. The predicted molar refractivity (Wildman–Crippen MR) is 169 cm³/mol. The lowest BCUT2D eigenvalue weighted by Crippen LogP contribution is -2.47. The van der Waals surface area contributed by atoms with Crippen LogP contribution in [-0.4, -0.2) is 79.1 Å². The summed E-state index contributed by atoms with van der Waals surface area (Å²) < 4.78 is 75.6. The molecule has 0 spiro atoms. The number of fused-ring (bicyclic) bond motifs is 2. The van der Waals surface area contributed by atoms with Crippen LogP contribution in [0.3, 0.4) is 0 Å². The minimum atomic E-state index is -4.73. The maximum atomic E-state index is 16.5. The van der Waals surface area contributed by atoms with Gasteiger partial charge >= 0.3 is 13.7 Å². The number of carbonyl (C=O) groups excluding carboxylic acids is 1. The molecule has 4 N–H and O–H groups in total. The van der Waals surface area contributed by atoms with Crippen LogP contribution in [0.4, 0.5) is 14.7 Å². The first kappa shape index (κ1) is 35.3. The molecule has 1 fully saturated rings. The monoisotopic (exact) mass is 693 g/mol. The van der Waals surface area contributed by atoms with Crippen LogP contribution in [0, 0.1) is 5.41 Å². The number of aromatic nitrogens is 5. The average molecular weight is 694 g/mol. The lowest BCUT2D eigenvalue weighted by atomic mass is 9.97. The summed E-state index contributed by atoms with van der Waals surface area (Å²) in [5, 5.41) is 13.8. The van der Waals surface area contributed by atoms with Crippen LogP contribution in [0.2, 0.25) is 0 Å². The largest absolute Gasteiger partial charge is 0.476 e. The summed E-state index contributed by atoms with van der Waals surface area (Å²) in [7, 11) is -4.73. The lowest BCUT2D eigenvalue weighted by Gasteiger charge is -2.28. The van der Waals surface area contributed by atoms with Crippen LogP contribution in [0.5, 0.6) is 11.6 Å². The van der Waals surface area contributed by atoms with E-state index in [9.17, 15) is 14.5 Å². The molecule has 1 aliphatic heterocycles. The third-order valence-corrected chi connectivity index (χ3v) is 8.89. The molecule has 0 aliphatic carbocycles. The smallest absolute Gasteiger partial charge is 0.459 e. The van der Waals surface area contributed by atoms with Gasteiger partial charge in [0.2, 0.25) is 11.8 Å². The number of nitrogens with one attached hydrogen (secondary N) is 1. The number of imidazole rings is 1. The molecule has 3 aromatic heterocycles. The maximum absolute atomic E-state index is 16.5. The van der Waals surface area contributed by atoms with Crippen molar-refractivity contribution < 1.29 is 46.5 Å². The third kappa shape index (κ3) is 7.20. The summed E-state index contributed by atoms with van der Waals surface area (Å²) in [5.41, 5.74) is 3.15. The second-order valence-electron chi connectivity index (χ2n) is 12.7. The van der Waals surface area contributed by atoms with Crippen LogP contribution >= 0.6 is 7.75 Å². The zero-order valence-corrected chi connectivity index (χ0v) is 28.1. The van der Waals surface area contributed by atoms with Gasteiger partial charge in [0, 0.05) is 11.6 Å². The highest BCUT2D eigenvalue weighted by molar-refractivity contribution is 7.52. The van der Waals surface area contributed by atoms with Crippen LogP contribution in [0.15, 0.2) is 42.9 Å². The van der Waals surface area contributed by atoms with Crippen molar-refractivity contribution in [3.8, 4) is 11.6 Å². The van der Waals surface area contributed by atoms with Crippen LogP contribution in [-0.2, 0) is 23.4 Å². The number of carbonyl (C=O) groups is 1. The van der Waals surface area contributed by atoms with Crippen molar-refractivity contribution in [3.05, 3.63) is 42.9 Å². The number of hydrogen-bond donors (Lipinski definition) is 3. The van der Waals surface area contributed by atoms with Gasteiger partial charge in [0.05, 0.1) is 25.1 Å². The van der Waals surface area contributed by atoms with Crippen molar-refractivity contribution in [2.24, 2.45) is 5.41 Å². The maximum Gasteiger partial charge on any atom is 0.459 e. The number of aliphatic hydroxyl groups excluding tert-OH is 1. The first-order valence-electron chi connectivity index (χ1n) is 15.1. The molecule has 4 aromatic rings. The van der Waals surface area contributed by atoms with E-state index in [1.165, 1.54) is 13.0 Å². The first-order chi connectivity index (χ1) is 22.5. The van der Waals surface area contributed by atoms with Gasteiger partial charge < -0.3 is 29.6 Å². The fraction of sp³-hybridized carbons (Fsp3) is 0.500. The minimum absolute atomic E-state index is 0.00986. The summed E-state index contributed by atoms with van der Waals surface area (Å²) in [6.07, 6.45) is -1.69. The number of ether oxygens (including phenoxy) is 3. The average Bonchev–Trinajstić information content (AvgIpc) is 3.51. The lowest BCUT2D eigenvalue weighted by molar-refractivity contribution is -0.202. The van der Waals surface area contributed by atoms with Gasteiger partial charge in [0.1, 0.15) is 18.4 Å². The molecule has 6 atom stereocenters. The fourth-order valence-corrected chi connectivity index (χ4v) is 6.45. The molecule has 0 bridgehead atoms. The number of rotatable bonds is 12. The number of nitrogen functional groups attached to an aromatic ring is 1. The van der Waals surface area contributed by atoms with E-state index in [1.807, 2.05) is 20.8 Å². The molecule has 1 saturated heterocycles. The molecule has 1 aromatic carbocycles. The molecule has 5 rings (SSSR count). The van der Waals surface area contributed by atoms with Crippen molar-refractivity contribution in [1.29, 1.82) is 0 Å². The highest BCUT2D eigenvalue weighted by Gasteiger charge is 2.65. The van der Waals surface area contributed by atoms with Gasteiger partial charge in [-0.05, 0) is 50.5 Å². The second kappa shape index (κ2) is 13.1. The quantitative estimate of drug-likeness (QED) is 0.139. The van der Waals surface area contributed by atoms with Gasteiger partial charge in [-0.1, -0.05) is 26.8 Å². The number of benzene rings is 1. The molecule has 1 aliphatic rings. The third-order valence-electron chi connectivity index (χ3n) is 7.28. The van der Waals surface area contributed by atoms with Crippen molar-refractivity contribution in [1.82, 2.24) is 29.6 Å². The van der Waals surface area contributed by atoms with Crippen molar-refractivity contribution >= 4 is 41.7 Å². The van der Waals surface area contributed by atoms with E-state index < -0.39 is 50.2 Å². The molecule has 18 heteroatoms. The fourth-order valence-electron chi connectivity index (χ4n) is 4.93. The highest BCUT2D eigenvalue weighted by atomic mass is 31.2. The summed E-state index contributed by atoms with van der Waals surface area (Å²) in [6.45, 7) is 8.49. The van der Waals surface area contributed by atoms with Crippen LogP contribution in [0.25, 0.3) is 22.1 Å². The Morgan fingerprint density at radius 2 is 1.98 bits per heavy atom. The molecule has 0 saturated carbocycles. The van der Waals surface area contributed by atoms with Crippen molar-refractivity contribution in [2.45, 2.75) is 71.4 Å². The Morgan fingerprint density at radius 3 is 2.69 bits per heavy atom. The Kier molecular flexibility index (Phi) is 9.65. The molecular formula is C30H38F2N7O8P. The topological polar surface area (TPSA) is 195 Å². The summed E-state index contributed by atoms with van der Waals surface area (Å²) in [4.78, 5) is 29.3. The van der Waals surface area contributed by atoms with E-state index in [4.69, 9.17) is 29.0 Å². The molecular weight excluding hydrogens is 655 g/mol. The predicted octanol–water partition coefficient (Wildman–Crippen LogP) is 4.41. The number of nitrogens with two attached hydrogens (primary N) is 1. The van der Waals surface area contributed by atoms with Crippen molar-refractivity contribution in [3.63, 3.8) is 0 Å². The number of pyridine rings is 1. The number of aliphatic hydroxyl groups is 1. The second-order valence-corrected chi connectivity index (χ2v) is 14.4. The van der Waals surface area contributed by atoms with Crippen molar-refractivity contribution in [2.75, 3.05) is 25.6 Å². The SMILES string of the molecule is CCOc1nc(N)nc2c1ncn2[C@@H]1O[C@](F)(COP(=O)(NC(C)C(=O)OCC(C)(C)C)Oc2cccc3ncccc23)[C@@H](O)[C@@]1(C)F. The van der Waals surface area contributed by atoms with E-state index in [2.05, 4.69) is 25.0 Å². The van der Waals surface area contributed by atoms with E-state index in [-0.39, 0.29) is 47.4 Å². The highest BCUT2D eigenvalue weighted by Crippen LogP contribution is 2.52. The summed E-state index contributed by atoms with van der Waals surface area (Å²) >= 11 is 0. The van der Waals surface area contributed by atoms with Gasteiger partial charge in [-0.3, -0.25) is 18.9 Å². The Balaban J connectivity index is 1.44. The summed E-state index contributed by atoms with van der Waals surface area (Å²) in [5.74, 6) is -4.29. The molecule has 0 amide bonds. The van der Waals surface area contributed by atoms with Crippen LogP contribution < -0.4 is 20.1 Å². The molecule has 4 heterocycles. The molecule has 260 valence electrons. The van der Waals surface area contributed by atoms with Gasteiger partial charge in [-0.15, -0.1) is 0 Å². The first-order valence-corrected chi connectivity index (χ1v) is 16.6. The van der Waals surface area contributed by atoms with Gasteiger partial charge in [-0.25, -0.2) is 18.3 Å². The van der Waals surface area contributed by atoms with E-state index >= 15 is 8.78 Å². The number of esters is 1. The number of halogens is 2. The molecule has 15 nitrogen and oxygen atoms in total. The van der Waals surface area contributed by atoms with Crippen LogP contribution in [0.1, 0.15) is 47.8 Å². The molecule has 48 heavy (non-hydrogen) atoms. The standard InChI is InChI=1S/C30H38F2N7O8P/c1-7-43-23-21-22(36-27(33)37-23)39(16-35-21)26-29(6,31)25(41)30(32,46-26)15-45-48(42,38-17(2)24(40)44-14-28(3,4)5)47-20-12-8-11-19-18(20)10-9-13-34-19/h8-13,16-17,25-26,41H,7,14-15H2,1-6H3,(H,38,42)(H2,33,36,37)/t17?,25-,26+,29+,30+,48?/m0/s1. The van der Waals surface area contributed by atoms with E-state index in [1.54, 1.807) is 37.4 Å². The summed E-state index contributed by atoms with van der Waals surface area (Å²) in [6, 6.07) is 6.73. The number of nitrogens with zero attached hydrogens (tertiary/aromatic N) is 5. The Labute approximate surface area is 274 Å². The zero-order chi connectivity index (χ0) is 35.1. The van der Waals surface area contributed by atoms with Gasteiger partial charge in [0.25, 0.3) is 5.85 Å². The zero-order valence-electron chi connectivity index (χ0n) is 27.2. The van der Waals surface area contributed by atoms with E-state index in [0.717, 1.165) is 17.8 Å². The van der Waals surface area contributed by atoms with E-state index in [0.29, 0.717) is 10.9 Å². The Morgan fingerprint density at radius 1 is 1.23 bits per heavy atom. The number of anilines is 1. The molecule has 0 radical (unpaired) electrons. The number of alkyl halides is 2. The van der Waals surface area contributed by atoms with Gasteiger partial charge in [-0.2, -0.15) is 15.1 Å². The Hall–Kier alpha value is -4.02. The number of hydrogen-bond acceptors (Lipinski definition) is 13. The normalized spacial score (nSPS) is 24.8.